The van der Waals surface area contributed by atoms with Crippen LogP contribution in [0.4, 0.5) is 0 Å². The summed E-state index contributed by atoms with van der Waals surface area (Å²) in [6.45, 7) is 4.94. The van der Waals surface area contributed by atoms with Crippen molar-refractivity contribution in [3.8, 4) is 11.5 Å². The molecule has 0 aromatic heterocycles. The Morgan fingerprint density at radius 2 is 1.87 bits per heavy atom. The van der Waals surface area contributed by atoms with E-state index in [9.17, 15) is 4.79 Å². The minimum absolute atomic E-state index is 0. The molecule has 2 aliphatic rings. The fraction of sp³-hybridized carbons (Fsp3) is 0.652. The van der Waals surface area contributed by atoms with Crippen LogP contribution in [0.2, 0.25) is 0 Å². The highest BCUT2D eigenvalue weighted by Gasteiger charge is 2.27. The quantitative estimate of drug-likeness (QED) is 0.242. The Kier molecular flexibility index (Phi) is 10.7. The summed E-state index contributed by atoms with van der Waals surface area (Å²) < 4.78 is 16.8. The van der Waals surface area contributed by atoms with Gasteiger partial charge in [0, 0.05) is 25.2 Å². The third-order valence-corrected chi connectivity index (χ3v) is 5.93. The molecule has 7 nitrogen and oxygen atoms in total. The molecule has 0 amide bonds. The number of benzene rings is 1. The molecule has 1 aliphatic heterocycles. The molecule has 2 fully saturated rings. The second-order valence-electron chi connectivity index (χ2n) is 7.93. The van der Waals surface area contributed by atoms with Crippen LogP contribution >= 0.6 is 24.0 Å². The van der Waals surface area contributed by atoms with E-state index in [1.807, 2.05) is 12.1 Å². The molecule has 0 radical (unpaired) electrons. The van der Waals surface area contributed by atoms with E-state index < -0.39 is 0 Å². The fourth-order valence-corrected chi connectivity index (χ4v) is 4.23. The van der Waals surface area contributed by atoms with Gasteiger partial charge in [0.15, 0.2) is 17.5 Å². The molecular formula is C23H36IN3O4. The molecule has 1 N–H and O–H groups in total. The minimum Gasteiger partial charge on any atom is -0.493 e. The zero-order valence-corrected chi connectivity index (χ0v) is 21.2. The fourth-order valence-electron chi connectivity index (χ4n) is 4.23. The number of esters is 1. The number of ether oxygens (including phenoxy) is 3. The molecule has 1 aromatic rings. The number of hydrogen-bond acceptors (Lipinski definition) is 5. The van der Waals surface area contributed by atoms with Crippen molar-refractivity contribution in [1.29, 1.82) is 0 Å². The lowest BCUT2D eigenvalue weighted by atomic mass is 9.97. The maximum Gasteiger partial charge on any atom is 0.308 e. The largest absolute Gasteiger partial charge is 0.493 e. The van der Waals surface area contributed by atoms with Crippen molar-refractivity contribution in [3.63, 3.8) is 0 Å². The number of guanidine groups is 1. The van der Waals surface area contributed by atoms with E-state index in [1.165, 1.54) is 20.0 Å². The van der Waals surface area contributed by atoms with Gasteiger partial charge in [-0.2, -0.15) is 0 Å². The lowest BCUT2D eigenvalue weighted by molar-refractivity contribution is -0.146. The summed E-state index contributed by atoms with van der Waals surface area (Å²) in [6.07, 6.45) is 6.46. The molecule has 1 aromatic carbocycles. The third-order valence-electron chi connectivity index (χ3n) is 5.93. The average Bonchev–Trinajstić information content (AvgIpc) is 3.30. The van der Waals surface area contributed by atoms with Crippen molar-refractivity contribution in [2.75, 3.05) is 33.9 Å². The molecule has 1 heterocycles. The summed E-state index contributed by atoms with van der Waals surface area (Å²) in [5.41, 5.74) is 1.03. The summed E-state index contributed by atoms with van der Waals surface area (Å²) in [4.78, 5) is 18.9. The second kappa shape index (κ2) is 13.0. The van der Waals surface area contributed by atoms with E-state index in [1.54, 1.807) is 7.11 Å². The van der Waals surface area contributed by atoms with E-state index in [2.05, 4.69) is 23.2 Å². The molecule has 1 aliphatic carbocycles. The van der Waals surface area contributed by atoms with Crippen molar-refractivity contribution in [1.82, 2.24) is 10.2 Å². The molecule has 174 valence electrons. The third kappa shape index (κ3) is 6.89. The molecule has 8 heteroatoms. The van der Waals surface area contributed by atoms with E-state index in [-0.39, 0.29) is 42.0 Å². The van der Waals surface area contributed by atoms with Gasteiger partial charge in [0.1, 0.15) is 0 Å². The Labute approximate surface area is 202 Å². The van der Waals surface area contributed by atoms with E-state index in [0.29, 0.717) is 6.54 Å². The van der Waals surface area contributed by atoms with Crippen LogP contribution in [0, 0.1) is 5.92 Å². The molecule has 1 saturated heterocycles. The number of para-hydroxylation sites is 1. The van der Waals surface area contributed by atoms with Crippen LogP contribution < -0.4 is 14.8 Å². The van der Waals surface area contributed by atoms with Gasteiger partial charge >= 0.3 is 5.97 Å². The molecular weight excluding hydrogens is 509 g/mol. The summed E-state index contributed by atoms with van der Waals surface area (Å²) >= 11 is 0. The SMILES string of the molecule is CCNC(=NCc1cccc(OC)c1OC1CCCC1)N1CCC(C(=O)OC)CC1.I. The van der Waals surface area contributed by atoms with Gasteiger partial charge in [0.25, 0.3) is 0 Å². The van der Waals surface area contributed by atoms with E-state index in [0.717, 1.165) is 68.3 Å². The Morgan fingerprint density at radius 3 is 2.48 bits per heavy atom. The van der Waals surface area contributed by atoms with Gasteiger partial charge in [0.2, 0.25) is 0 Å². The van der Waals surface area contributed by atoms with Crippen LogP contribution in [0.15, 0.2) is 23.2 Å². The Morgan fingerprint density at radius 1 is 1.16 bits per heavy atom. The van der Waals surface area contributed by atoms with Crippen molar-refractivity contribution < 1.29 is 19.0 Å². The molecule has 1 saturated carbocycles. The topological polar surface area (TPSA) is 72.4 Å². The predicted octanol–water partition coefficient (Wildman–Crippen LogP) is 3.99. The summed E-state index contributed by atoms with van der Waals surface area (Å²) in [7, 11) is 3.14. The van der Waals surface area contributed by atoms with Crippen LogP contribution in [-0.4, -0.2) is 56.8 Å². The second-order valence-corrected chi connectivity index (χ2v) is 7.93. The zero-order valence-electron chi connectivity index (χ0n) is 18.9. The van der Waals surface area contributed by atoms with Crippen LogP contribution in [0.5, 0.6) is 11.5 Å². The summed E-state index contributed by atoms with van der Waals surface area (Å²) in [6, 6.07) is 5.99. The van der Waals surface area contributed by atoms with Gasteiger partial charge < -0.3 is 24.4 Å². The first-order chi connectivity index (χ1) is 14.7. The van der Waals surface area contributed by atoms with Crippen molar-refractivity contribution in [2.24, 2.45) is 10.9 Å². The van der Waals surface area contributed by atoms with E-state index in [4.69, 9.17) is 19.2 Å². The molecule has 0 bridgehead atoms. The predicted molar refractivity (Wildman–Crippen MR) is 132 cm³/mol. The normalized spacial score (nSPS) is 17.8. The molecule has 0 spiro atoms. The summed E-state index contributed by atoms with van der Waals surface area (Å²) in [5, 5.41) is 3.39. The molecule has 31 heavy (non-hydrogen) atoms. The van der Waals surface area contributed by atoms with Crippen molar-refractivity contribution >= 4 is 35.9 Å². The van der Waals surface area contributed by atoms with E-state index >= 15 is 0 Å². The van der Waals surface area contributed by atoms with Gasteiger partial charge in [-0.1, -0.05) is 12.1 Å². The van der Waals surface area contributed by atoms with Crippen LogP contribution in [-0.2, 0) is 16.1 Å². The average molecular weight is 545 g/mol. The standard InChI is InChI=1S/C23H35N3O4.HI/c1-4-24-23(26-14-12-17(13-15-26)22(27)29-3)25-16-18-8-7-11-20(28-2)21(18)30-19-9-5-6-10-19;/h7-8,11,17,19H,4-6,9-10,12-16H2,1-3H3,(H,24,25);1H. The van der Waals surface area contributed by atoms with Crippen molar-refractivity contribution in [3.05, 3.63) is 23.8 Å². The monoisotopic (exact) mass is 545 g/mol. The van der Waals surface area contributed by atoms with Gasteiger partial charge in [0.05, 0.1) is 32.8 Å². The number of hydrogen-bond donors (Lipinski definition) is 1. The first-order valence-corrected chi connectivity index (χ1v) is 11.1. The lowest BCUT2D eigenvalue weighted by Crippen LogP contribution is -2.46. The first-order valence-electron chi connectivity index (χ1n) is 11.1. The molecule has 3 rings (SSSR count). The number of halogens is 1. The van der Waals surface area contributed by atoms with Crippen LogP contribution in [0.1, 0.15) is 51.0 Å². The Hall–Kier alpha value is -1.71. The number of likely N-dealkylation sites (tertiary alicyclic amines) is 1. The highest BCUT2D eigenvalue weighted by Crippen LogP contribution is 2.35. The number of rotatable bonds is 7. The minimum atomic E-state index is -0.110. The van der Waals surface area contributed by atoms with Crippen LogP contribution in [0.3, 0.4) is 0 Å². The number of carbonyl (C=O) groups is 1. The van der Waals surface area contributed by atoms with Gasteiger partial charge in [-0.05, 0) is 51.5 Å². The lowest BCUT2D eigenvalue weighted by Gasteiger charge is -2.33. The number of carbonyl (C=O) groups excluding carboxylic acids is 1. The summed E-state index contributed by atoms with van der Waals surface area (Å²) in [5.74, 6) is 2.32. The van der Waals surface area contributed by atoms with Gasteiger partial charge in [-0.25, -0.2) is 4.99 Å². The Balaban J connectivity index is 0.00000341. The first kappa shape index (κ1) is 25.5. The number of nitrogens with zero attached hydrogens (tertiary/aromatic N) is 2. The number of piperidine rings is 1. The highest BCUT2D eigenvalue weighted by molar-refractivity contribution is 14.0. The molecule has 0 unspecified atom stereocenters. The molecule has 0 atom stereocenters. The highest BCUT2D eigenvalue weighted by atomic mass is 127. The van der Waals surface area contributed by atoms with Gasteiger partial charge in [-0.3, -0.25) is 4.79 Å². The number of nitrogens with one attached hydrogen (secondary N) is 1. The van der Waals surface area contributed by atoms with Crippen molar-refractivity contribution in [2.45, 2.75) is 58.1 Å². The van der Waals surface area contributed by atoms with Crippen LogP contribution in [0.25, 0.3) is 0 Å². The Bertz CT molecular complexity index is 730. The number of aliphatic imine (C=N–C) groups is 1. The smallest absolute Gasteiger partial charge is 0.308 e. The number of methoxy groups -OCH3 is 2. The maximum atomic E-state index is 11.8. The zero-order chi connectivity index (χ0) is 21.3. The maximum absolute atomic E-state index is 11.8. The van der Waals surface area contributed by atoms with Gasteiger partial charge in [-0.15, -0.1) is 24.0 Å².